The average Bonchev–Trinajstić information content (AvgIpc) is 2.92. The van der Waals surface area contributed by atoms with Crippen molar-refractivity contribution >= 4 is 11.6 Å². The summed E-state index contributed by atoms with van der Waals surface area (Å²) in [6.45, 7) is 0. The molecule has 1 fully saturated rings. The summed E-state index contributed by atoms with van der Waals surface area (Å²) in [5.41, 5.74) is 0.990. The highest BCUT2D eigenvalue weighted by molar-refractivity contribution is 6.04. The predicted molar refractivity (Wildman–Crippen MR) is 67.5 cm³/mol. The fraction of sp³-hybridized carbons (Fsp3) is 0.286. The van der Waals surface area contributed by atoms with Gasteiger partial charge >= 0.3 is 0 Å². The first kappa shape index (κ1) is 11.8. The van der Waals surface area contributed by atoms with Crippen LogP contribution >= 0.6 is 0 Å². The summed E-state index contributed by atoms with van der Waals surface area (Å²) in [6.07, 6.45) is 3.31. The number of hydrogen-bond acceptors (Lipinski definition) is 4. The van der Waals surface area contributed by atoms with Crippen LogP contribution in [0.15, 0.2) is 43.0 Å². The number of ketones is 2. The number of benzene rings is 1. The molecule has 3 rings (SSSR count). The Kier molecular flexibility index (Phi) is 2.95. The molecule has 2 atom stereocenters. The van der Waals surface area contributed by atoms with Crippen LogP contribution in [-0.4, -0.2) is 26.3 Å². The van der Waals surface area contributed by atoms with Crippen LogP contribution < -0.4 is 0 Å². The minimum absolute atomic E-state index is 0.00443. The van der Waals surface area contributed by atoms with Gasteiger partial charge < -0.3 is 0 Å². The van der Waals surface area contributed by atoms with Crippen LogP contribution in [0, 0.1) is 0 Å². The van der Waals surface area contributed by atoms with Crippen LogP contribution in [0.25, 0.3) is 0 Å². The normalized spacial score (nSPS) is 23.6. The van der Waals surface area contributed by atoms with Crippen molar-refractivity contribution in [1.82, 2.24) is 14.8 Å². The molecule has 0 aliphatic heterocycles. The van der Waals surface area contributed by atoms with E-state index >= 15 is 0 Å². The van der Waals surface area contributed by atoms with Gasteiger partial charge in [0.15, 0.2) is 5.78 Å². The van der Waals surface area contributed by atoms with Crippen molar-refractivity contribution in [2.24, 2.45) is 0 Å². The second kappa shape index (κ2) is 4.76. The van der Waals surface area contributed by atoms with Crippen molar-refractivity contribution in [3.05, 3.63) is 48.5 Å². The van der Waals surface area contributed by atoms with E-state index in [1.165, 1.54) is 12.7 Å². The molecule has 0 unspecified atom stereocenters. The molecule has 19 heavy (non-hydrogen) atoms. The molecule has 1 aliphatic carbocycles. The maximum Gasteiger partial charge on any atom is 0.165 e. The van der Waals surface area contributed by atoms with Crippen LogP contribution in [0.4, 0.5) is 0 Å². The Morgan fingerprint density at radius 2 is 1.95 bits per heavy atom. The highest BCUT2D eigenvalue weighted by Crippen LogP contribution is 2.36. The fourth-order valence-electron chi connectivity index (χ4n) is 2.65. The Morgan fingerprint density at radius 1 is 1.16 bits per heavy atom. The minimum Gasteiger partial charge on any atom is -0.299 e. The smallest absolute Gasteiger partial charge is 0.165 e. The molecule has 1 aliphatic rings. The number of carbonyl (C=O) groups is 2. The first-order valence-corrected chi connectivity index (χ1v) is 6.19. The largest absolute Gasteiger partial charge is 0.299 e. The van der Waals surface area contributed by atoms with E-state index in [0.717, 1.165) is 5.56 Å². The average molecular weight is 255 g/mol. The molecule has 1 aromatic carbocycles. The van der Waals surface area contributed by atoms with Crippen LogP contribution in [0.2, 0.25) is 0 Å². The number of Topliss-reactive ketones (excluding diaryl/α,β-unsaturated/α-hetero) is 2. The van der Waals surface area contributed by atoms with Gasteiger partial charge in [-0.2, -0.15) is 5.10 Å². The summed E-state index contributed by atoms with van der Waals surface area (Å²) in [4.78, 5) is 27.8. The lowest BCUT2D eigenvalue weighted by Gasteiger charge is -2.29. The Hall–Kier alpha value is -2.30. The predicted octanol–water partition coefficient (Wildman–Crippen LogP) is 1.54. The van der Waals surface area contributed by atoms with E-state index in [1.807, 2.05) is 30.3 Å². The summed E-state index contributed by atoms with van der Waals surface area (Å²) >= 11 is 0. The maximum absolute atomic E-state index is 12.2. The second-order valence-corrected chi connectivity index (χ2v) is 4.72. The lowest BCUT2D eigenvalue weighted by atomic mass is 9.78. The molecule has 0 amide bonds. The molecule has 1 heterocycles. The van der Waals surface area contributed by atoms with E-state index in [0.29, 0.717) is 6.42 Å². The van der Waals surface area contributed by atoms with Crippen molar-refractivity contribution in [3.8, 4) is 0 Å². The van der Waals surface area contributed by atoms with Crippen molar-refractivity contribution in [3.63, 3.8) is 0 Å². The van der Waals surface area contributed by atoms with Gasteiger partial charge in [0.05, 0.1) is 6.42 Å². The molecule has 2 aromatic rings. The van der Waals surface area contributed by atoms with Gasteiger partial charge in [-0.05, 0) is 5.56 Å². The van der Waals surface area contributed by atoms with Gasteiger partial charge in [0.25, 0.3) is 0 Å². The number of aromatic nitrogens is 3. The molecule has 5 nitrogen and oxygen atoms in total. The third-order valence-electron chi connectivity index (χ3n) is 3.48. The monoisotopic (exact) mass is 255 g/mol. The number of hydrogen-bond donors (Lipinski definition) is 0. The molecule has 0 radical (unpaired) electrons. The van der Waals surface area contributed by atoms with Crippen LogP contribution in [0.3, 0.4) is 0 Å². The molecular formula is C14H13N3O2. The highest BCUT2D eigenvalue weighted by atomic mass is 16.2. The third kappa shape index (κ3) is 2.19. The topological polar surface area (TPSA) is 64.8 Å². The zero-order chi connectivity index (χ0) is 13.2. The molecule has 96 valence electrons. The fourth-order valence-corrected chi connectivity index (χ4v) is 2.65. The molecule has 0 bridgehead atoms. The second-order valence-electron chi connectivity index (χ2n) is 4.72. The van der Waals surface area contributed by atoms with E-state index in [4.69, 9.17) is 0 Å². The molecule has 1 saturated carbocycles. The first-order chi connectivity index (χ1) is 9.25. The zero-order valence-corrected chi connectivity index (χ0v) is 10.3. The van der Waals surface area contributed by atoms with Gasteiger partial charge in [0, 0.05) is 12.3 Å². The van der Waals surface area contributed by atoms with Crippen molar-refractivity contribution in [2.75, 3.05) is 0 Å². The third-order valence-corrected chi connectivity index (χ3v) is 3.48. The Balaban J connectivity index is 2.02. The summed E-state index contributed by atoms with van der Waals surface area (Å²) in [5.74, 6) is -0.248. The quantitative estimate of drug-likeness (QED) is 0.763. The van der Waals surface area contributed by atoms with Crippen LogP contribution in [0.5, 0.6) is 0 Å². The first-order valence-electron chi connectivity index (χ1n) is 6.19. The van der Waals surface area contributed by atoms with E-state index < -0.39 is 6.04 Å². The lowest BCUT2D eigenvalue weighted by molar-refractivity contribution is -0.133. The van der Waals surface area contributed by atoms with Gasteiger partial charge in [-0.1, -0.05) is 30.3 Å². The van der Waals surface area contributed by atoms with Gasteiger partial charge in [-0.15, -0.1) is 0 Å². The lowest BCUT2D eigenvalue weighted by Crippen LogP contribution is -2.34. The summed E-state index contributed by atoms with van der Waals surface area (Å²) < 4.78 is 1.56. The number of rotatable bonds is 2. The Bertz CT molecular complexity index is 592. The Morgan fingerprint density at radius 3 is 2.63 bits per heavy atom. The molecule has 0 saturated heterocycles. The molecule has 5 heteroatoms. The molecule has 0 N–H and O–H groups in total. The number of nitrogens with zero attached hydrogens (tertiary/aromatic N) is 3. The van der Waals surface area contributed by atoms with Gasteiger partial charge in [0.2, 0.25) is 0 Å². The van der Waals surface area contributed by atoms with Crippen molar-refractivity contribution in [2.45, 2.75) is 24.8 Å². The number of carbonyl (C=O) groups excluding carboxylic acids is 2. The SMILES string of the molecule is O=C1CC(=O)[C@@H](n2cncn2)[C@@H](c2ccccc2)C1. The summed E-state index contributed by atoms with van der Waals surface area (Å²) in [7, 11) is 0. The zero-order valence-electron chi connectivity index (χ0n) is 10.3. The summed E-state index contributed by atoms with van der Waals surface area (Å²) in [6, 6.07) is 9.21. The van der Waals surface area contributed by atoms with E-state index in [9.17, 15) is 9.59 Å². The highest BCUT2D eigenvalue weighted by Gasteiger charge is 2.38. The van der Waals surface area contributed by atoms with Gasteiger partial charge in [-0.25, -0.2) is 9.67 Å². The minimum atomic E-state index is -0.428. The van der Waals surface area contributed by atoms with Gasteiger partial charge in [0.1, 0.15) is 24.5 Å². The van der Waals surface area contributed by atoms with E-state index in [-0.39, 0.29) is 23.9 Å². The molecular weight excluding hydrogens is 242 g/mol. The molecule has 0 spiro atoms. The maximum atomic E-state index is 12.2. The van der Waals surface area contributed by atoms with E-state index in [1.54, 1.807) is 4.68 Å². The standard InChI is InChI=1S/C14H13N3O2/c18-11-6-12(10-4-2-1-3-5-10)14(13(19)7-11)17-9-15-8-16-17/h1-5,8-9,12,14H,6-7H2/t12-,14+/m1/s1. The Labute approximate surface area is 110 Å². The van der Waals surface area contributed by atoms with Gasteiger partial charge in [-0.3, -0.25) is 9.59 Å². The van der Waals surface area contributed by atoms with E-state index in [2.05, 4.69) is 10.1 Å². The van der Waals surface area contributed by atoms with Crippen molar-refractivity contribution in [1.29, 1.82) is 0 Å². The van der Waals surface area contributed by atoms with Crippen LogP contribution in [-0.2, 0) is 9.59 Å². The summed E-state index contributed by atoms with van der Waals surface area (Å²) in [5, 5.41) is 4.06. The molecule has 1 aromatic heterocycles. The van der Waals surface area contributed by atoms with Crippen molar-refractivity contribution < 1.29 is 9.59 Å². The van der Waals surface area contributed by atoms with Crippen LogP contribution in [0.1, 0.15) is 30.4 Å².